The van der Waals surface area contributed by atoms with Gasteiger partial charge in [-0.1, -0.05) is 54.6 Å². The number of fused-ring (bicyclic) bond motifs is 1. The minimum absolute atomic E-state index is 0.0104. The lowest BCUT2D eigenvalue weighted by molar-refractivity contribution is -0.145. The normalized spacial score (nSPS) is 11.1. The maximum absolute atomic E-state index is 13.6. The fourth-order valence-corrected chi connectivity index (χ4v) is 4.04. The average Bonchev–Trinajstić information content (AvgIpc) is 2.98. The van der Waals surface area contributed by atoms with Gasteiger partial charge in [0.15, 0.2) is 6.61 Å². The molecule has 0 radical (unpaired) electrons. The maximum atomic E-state index is 13.6. The van der Waals surface area contributed by atoms with Crippen molar-refractivity contribution in [3.05, 3.63) is 89.7 Å². The first-order chi connectivity index (χ1) is 19.6. The van der Waals surface area contributed by atoms with Gasteiger partial charge < -0.3 is 19.1 Å². The number of hydrogen-bond acceptors (Lipinski definition) is 9. The van der Waals surface area contributed by atoms with Crippen LogP contribution in [0, 0.1) is 0 Å². The monoisotopic (exact) mass is 567 g/mol. The number of carbonyl (C=O) groups excluding carboxylic acids is 3. The molecule has 41 heavy (non-hydrogen) atoms. The van der Waals surface area contributed by atoms with Crippen LogP contribution in [0.2, 0.25) is 0 Å². The number of anilines is 1. The average molecular weight is 568 g/mol. The largest absolute Gasteiger partial charge is 0.468 e. The van der Waals surface area contributed by atoms with Crippen LogP contribution in [0.3, 0.4) is 0 Å². The summed E-state index contributed by atoms with van der Waals surface area (Å²) in [5, 5.41) is 0.334. The molecule has 212 valence electrons. The summed E-state index contributed by atoms with van der Waals surface area (Å²) >= 11 is 0. The quantitative estimate of drug-likeness (QED) is 0.208. The van der Waals surface area contributed by atoms with Gasteiger partial charge in [0.25, 0.3) is 0 Å². The lowest BCUT2D eigenvalue weighted by Crippen LogP contribution is -2.31. The van der Waals surface area contributed by atoms with E-state index in [1.807, 2.05) is 0 Å². The Hall–Kier alpha value is -5.00. The van der Waals surface area contributed by atoms with E-state index in [0.29, 0.717) is 22.1 Å². The van der Waals surface area contributed by atoms with Crippen LogP contribution >= 0.6 is 0 Å². The molecule has 0 fully saturated rings. The van der Waals surface area contributed by atoms with E-state index in [2.05, 4.69) is 14.7 Å². The first-order valence-electron chi connectivity index (χ1n) is 12.2. The van der Waals surface area contributed by atoms with Crippen molar-refractivity contribution < 1.29 is 41.8 Å². The number of ether oxygens (including phenoxy) is 3. The van der Waals surface area contributed by atoms with Crippen molar-refractivity contribution in [2.75, 3.05) is 32.3 Å². The summed E-state index contributed by atoms with van der Waals surface area (Å²) in [4.78, 5) is 45.0. The standard InChI is InChI=1S/C29H24F3N3O6/c1-39-24(36)16-35(26-22-9-5-6-10-23(22)33-28(34-26)29(30,31)32)15-18-11-13-19(14-12-18)20-7-3-4-8-21(20)27(38)41-17-25(37)40-2/h3-14H,15-17H2,1-2H3. The Morgan fingerprint density at radius 1 is 0.829 bits per heavy atom. The van der Waals surface area contributed by atoms with Gasteiger partial charge in [-0.05, 0) is 34.9 Å². The van der Waals surface area contributed by atoms with Crippen LogP contribution in [0.1, 0.15) is 21.7 Å². The molecule has 0 saturated heterocycles. The fraction of sp³-hybridized carbons (Fsp3) is 0.207. The van der Waals surface area contributed by atoms with E-state index in [0.717, 1.165) is 0 Å². The van der Waals surface area contributed by atoms with Gasteiger partial charge in [0.05, 0.1) is 25.3 Å². The third-order valence-corrected chi connectivity index (χ3v) is 6.02. The summed E-state index contributed by atoms with van der Waals surface area (Å²) in [5.41, 5.74) is 2.12. The van der Waals surface area contributed by atoms with Crippen LogP contribution in [0.4, 0.5) is 19.0 Å². The molecule has 0 bridgehead atoms. The van der Waals surface area contributed by atoms with E-state index >= 15 is 0 Å². The molecule has 3 aromatic carbocycles. The van der Waals surface area contributed by atoms with Crippen molar-refractivity contribution in [2.24, 2.45) is 0 Å². The predicted octanol–water partition coefficient (Wildman–Crippen LogP) is 4.83. The molecular formula is C29H24F3N3O6. The Morgan fingerprint density at radius 2 is 1.49 bits per heavy atom. The van der Waals surface area contributed by atoms with E-state index in [1.54, 1.807) is 66.7 Å². The minimum atomic E-state index is -4.80. The minimum Gasteiger partial charge on any atom is -0.468 e. The fourth-order valence-electron chi connectivity index (χ4n) is 4.04. The molecule has 4 rings (SSSR count). The van der Waals surface area contributed by atoms with Gasteiger partial charge in [-0.25, -0.2) is 19.6 Å². The Kier molecular flexibility index (Phi) is 8.81. The van der Waals surface area contributed by atoms with Gasteiger partial charge in [0, 0.05) is 11.9 Å². The SMILES string of the molecule is COC(=O)COC(=O)c1ccccc1-c1ccc(CN(CC(=O)OC)c2nc(C(F)(F)F)nc3ccccc23)cc1. The second kappa shape index (κ2) is 12.5. The van der Waals surface area contributed by atoms with E-state index in [-0.39, 0.29) is 30.0 Å². The molecule has 4 aromatic rings. The number of rotatable bonds is 9. The molecular weight excluding hydrogens is 543 g/mol. The van der Waals surface area contributed by atoms with E-state index < -0.39 is 36.5 Å². The van der Waals surface area contributed by atoms with Crippen LogP contribution in [-0.4, -0.2) is 55.2 Å². The number of hydrogen-bond donors (Lipinski definition) is 0. The first kappa shape index (κ1) is 29.0. The van der Waals surface area contributed by atoms with Crippen molar-refractivity contribution in [1.29, 1.82) is 0 Å². The lowest BCUT2D eigenvalue weighted by atomic mass is 9.98. The third-order valence-electron chi connectivity index (χ3n) is 6.02. The van der Waals surface area contributed by atoms with Crippen LogP contribution in [-0.2, 0) is 36.5 Å². The summed E-state index contributed by atoms with van der Waals surface area (Å²) in [6.07, 6.45) is -4.80. The number of nitrogens with zero attached hydrogens (tertiary/aromatic N) is 3. The molecule has 0 atom stereocenters. The van der Waals surface area contributed by atoms with Crippen LogP contribution in [0.25, 0.3) is 22.0 Å². The number of carbonyl (C=O) groups is 3. The van der Waals surface area contributed by atoms with Crippen molar-refractivity contribution in [3.8, 4) is 11.1 Å². The molecule has 1 aromatic heterocycles. The molecule has 0 aliphatic heterocycles. The zero-order chi connectivity index (χ0) is 29.6. The summed E-state index contributed by atoms with van der Waals surface area (Å²) in [6.45, 7) is -0.895. The molecule has 12 heteroatoms. The molecule has 0 N–H and O–H groups in total. The zero-order valence-corrected chi connectivity index (χ0v) is 22.0. The Balaban J connectivity index is 1.67. The number of aromatic nitrogens is 2. The maximum Gasteiger partial charge on any atom is 0.451 e. The van der Waals surface area contributed by atoms with Crippen molar-refractivity contribution >= 4 is 34.6 Å². The molecule has 0 aliphatic carbocycles. The second-order valence-corrected chi connectivity index (χ2v) is 8.71. The molecule has 0 spiro atoms. The number of alkyl halides is 3. The topological polar surface area (TPSA) is 108 Å². The van der Waals surface area contributed by atoms with Crippen LogP contribution in [0.15, 0.2) is 72.8 Å². The highest BCUT2D eigenvalue weighted by molar-refractivity contribution is 5.98. The zero-order valence-electron chi connectivity index (χ0n) is 22.0. The Morgan fingerprint density at radius 3 is 2.17 bits per heavy atom. The molecule has 9 nitrogen and oxygen atoms in total. The van der Waals surface area contributed by atoms with Gasteiger partial charge in [-0.15, -0.1) is 0 Å². The highest BCUT2D eigenvalue weighted by Gasteiger charge is 2.36. The summed E-state index contributed by atoms with van der Waals surface area (Å²) in [6, 6.07) is 19.7. The first-order valence-corrected chi connectivity index (χ1v) is 12.2. The smallest absolute Gasteiger partial charge is 0.451 e. The number of halogens is 3. The van der Waals surface area contributed by atoms with Crippen molar-refractivity contribution in [2.45, 2.75) is 12.7 Å². The number of benzene rings is 3. The predicted molar refractivity (Wildman–Crippen MR) is 142 cm³/mol. The highest BCUT2D eigenvalue weighted by atomic mass is 19.4. The summed E-state index contributed by atoms with van der Waals surface area (Å²) in [7, 11) is 2.36. The number of methoxy groups -OCH3 is 2. The second-order valence-electron chi connectivity index (χ2n) is 8.71. The number of para-hydroxylation sites is 1. The Bertz CT molecular complexity index is 1570. The van der Waals surface area contributed by atoms with Crippen molar-refractivity contribution in [1.82, 2.24) is 9.97 Å². The van der Waals surface area contributed by atoms with Crippen LogP contribution in [0.5, 0.6) is 0 Å². The van der Waals surface area contributed by atoms with Crippen molar-refractivity contribution in [3.63, 3.8) is 0 Å². The molecule has 0 aliphatic rings. The third kappa shape index (κ3) is 6.96. The molecule has 0 amide bonds. The van der Waals surface area contributed by atoms with E-state index in [4.69, 9.17) is 9.47 Å². The van der Waals surface area contributed by atoms with E-state index in [1.165, 1.54) is 25.2 Å². The van der Waals surface area contributed by atoms with E-state index in [9.17, 15) is 27.6 Å². The van der Waals surface area contributed by atoms with Crippen LogP contribution < -0.4 is 4.90 Å². The van der Waals surface area contributed by atoms with Gasteiger partial charge in [0.2, 0.25) is 5.82 Å². The summed E-state index contributed by atoms with van der Waals surface area (Å²) in [5.74, 6) is -3.48. The van der Waals surface area contributed by atoms with Gasteiger partial charge in [-0.3, -0.25) is 4.79 Å². The van der Waals surface area contributed by atoms with Gasteiger partial charge in [-0.2, -0.15) is 13.2 Å². The Labute approximate surface area is 232 Å². The summed E-state index contributed by atoms with van der Waals surface area (Å²) < 4.78 is 55.2. The highest BCUT2D eigenvalue weighted by Crippen LogP contribution is 2.33. The van der Waals surface area contributed by atoms with Gasteiger partial charge in [0.1, 0.15) is 12.4 Å². The molecule has 1 heterocycles. The molecule has 0 saturated carbocycles. The van der Waals surface area contributed by atoms with Gasteiger partial charge >= 0.3 is 24.1 Å². The lowest BCUT2D eigenvalue weighted by Gasteiger charge is -2.25. The molecule has 0 unspecified atom stereocenters. The number of esters is 3.